The lowest BCUT2D eigenvalue weighted by Crippen LogP contribution is -2.14. The van der Waals surface area contributed by atoms with Crippen LogP contribution in [0.5, 0.6) is 0 Å². The summed E-state index contributed by atoms with van der Waals surface area (Å²) >= 11 is 0. The molecule has 0 fully saturated rings. The Labute approximate surface area is 88.4 Å². The number of hydrogen-bond donors (Lipinski definition) is 2. The molecule has 1 heterocycles. The van der Waals surface area contributed by atoms with Crippen molar-refractivity contribution in [2.45, 2.75) is 6.92 Å². The molecule has 0 saturated heterocycles. The van der Waals surface area contributed by atoms with E-state index >= 15 is 0 Å². The summed E-state index contributed by atoms with van der Waals surface area (Å²) in [6.45, 7) is 1.61. The molecule has 0 atom stereocenters. The van der Waals surface area contributed by atoms with Crippen LogP contribution in [0.2, 0.25) is 0 Å². The molecule has 1 aromatic carbocycles. The lowest BCUT2D eigenvalue weighted by molar-refractivity contribution is 0.602. The zero-order valence-electron chi connectivity index (χ0n) is 8.32. The molecule has 0 spiro atoms. The lowest BCUT2D eigenvalue weighted by atomic mass is 10.2. The highest BCUT2D eigenvalue weighted by molar-refractivity contribution is 7.92. The van der Waals surface area contributed by atoms with E-state index in [9.17, 15) is 8.42 Å². The van der Waals surface area contributed by atoms with E-state index in [0.717, 1.165) is 10.9 Å². The number of anilines is 1. The van der Waals surface area contributed by atoms with Crippen molar-refractivity contribution in [3.05, 3.63) is 30.5 Å². The van der Waals surface area contributed by atoms with E-state index in [-0.39, 0.29) is 5.75 Å². The Morgan fingerprint density at radius 3 is 2.87 bits per heavy atom. The molecule has 0 unspecified atom stereocenters. The van der Waals surface area contributed by atoms with Gasteiger partial charge in [-0.2, -0.15) is 0 Å². The molecule has 2 aromatic rings. The Bertz CT molecular complexity index is 572. The molecular formula is C10H12N2O2S. The molecule has 5 heteroatoms. The molecule has 15 heavy (non-hydrogen) atoms. The largest absolute Gasteiger partial charge is 0.359 e. The van der Waals surface area contributed by atoms with E-state index in [0.29, 0.717) is 5.69 Å². The van der Waals surface area contributed by atoms with Crippen molar-refractivity contribution in [1.29, 1.82) is 0 Å². The van der Waals surface area contributed by atoms with Crippen molar-refractivity contribution < 1.29 is 8.42 Å². The Hall–Kier alpha value is -1.49. The van der Waals surface area contributed by atoms with Crippen LogP contribution in [0.3, 0.4) is 0 Å². The van der Waals surface area contributed by atoms with Gasteiger partial charge in [-0.25, -0.2) is 8.42 Å². The second-order valence-electron chi connectivity index (χ2n) is 3.25. The van der Waals surface area contributed by atoms with Gasteiger partial charge in [-0.1, -0.05) is 12.1 Å². The number of nitrogens with one attached hydrogen (secondary N) is 2. The van der Waals surface area contributed by atoms with Crippen molar-refractivity contribution in [2.75, 3.05) is 10.5 Å². The summed E-state index contributed by atoms with van der Waals surface area (Å²) in [6.07, 6.45) is 1.79. The Morgan fingerprint density at radius 1 is 1.33 bits per heavy atom. The first kappa shape index (κ1) is 10.0. The zero-order valence-corrected chi connectivity index (χ0v) is 9.14. The molecule has 0 aliphatic heterocycles. The van der Waals surface area contributed by atoms with Crippen LogP contribution in [-0.2, 0) is 10.0 Å². The number of aromatic amines is 1. The Kier molecular flexibility index (Phi) is 2.40. The molecule has 0 radical (unpaired) electrons. The van der Waals surface area contributed by atoms with Gasteiger partial charge in [0.2, 0.25) is 10.0 Å². The Morgan fingerprint density at radius 2 is 2.13 bits per heavy atom. The second-order valence-corrected chi connectivity index (χ2v) is 5.26. The second kappa shape index (κ2) is 3.58. The molecular weight excluding hydrogens is 212 g/mol. The minimum atomic E-state index is -3.21. The molecule has 2 rings (SSSR count). The van der Waals surface area contributed by atoms with Crippen LogP contribution in [0.25, 0.3) is 10.9 Å². The van der Waals surface area contributed by atoms with Crippen LogP contribution in [0, 0.1) is 0 Å². The summed E-state index contributed by atoms with van der Waals surface area (Å²) in [6, 6.07) is 7.39. The van der Waals surface area contributed by atoms with Gasteiger partial charge in [0.05, 0.1) is 17.0 Å². The van der Waals surface area contributed by atoms with E-state index in [2.05, 4.69) is 9.71 Å². The van der Waals surface area contributed by atoms with E-state index in [1.807, 2.05) is 18.2 Å². The van der Waals surface area contributed by atoms with Gasteiger partial charge in [-0.05, 0) is 19.1 Å². The summed E-state index contributed by atoms with van der Waals surface area (Å²) < 4.78 is 25.4. The third-order valence-corrected chi connectivity index (χ3v) is 3.52. The molecule has 2 N–H and O–H groups in total. The number of H-pyrrole nitrogens is 1. The lowest BCUT2D eigenvalue weighted by Gasteiger charge is -2.06. The molecule has 0 aliphatic rings. The Balaban J connectivity index is 2.48. The first-order chi connectivity index (χ1) is 7.12. The van der Waals surface area contributed by atoms with Crippen LogP contribution < -0.4 is 4.72 Å². The van der Waals surface area contributed by atoms with Gasteiger partial charge in [0.15, 0.2) is 0 Å². The van der Waals surface area contributed by atoms with Crippen molar-refractivity contribution in [3.63, 3.8) is 0 Å². The first-order valence-electron chi connectivity index (χ1n) is 4.69. The van der Waals surface area contributed by atoms with Crippen LogP contribution in [0.4, 0.5) is 5.69 Å². The fourth-order valence-electron chi connectivity index (χ4n) is 1.41. The smallest absolute Gasteiger partial charge is 0.232 e. The fraction of sp³-hybridized carbons (Fsp3) is 0.200. The molecule has 0 saturated carbocycles. The average molecular weight is 224 g/mol. The van der Waals surface area contributed by atoms with Crippen molar-refractivity contribution >= 4 is 26.6 Å². The van der Waals surface area contributed by atoms with Gasteiger partial charge >= 0.3 is 0 Å². The first-order valence-corrected chi connectivity index (χ1v) is 6.34. The van der Waals surface area contributed by atoms with Gasteiger partial charge in [0, 0.05) is 11.6 Å². The summed E-state index contributed by atoms with van der Waals surface area (Å²) in [5.41, 5.74) is 1.41. The van der Waals surface area contributed by atoms with Crippen LogP contribution in [0.1, 0.15) is 6.92 Å². The normalized spacial score (nSPS) is 11.8. The topological polar surface area (TPSA) is 62.0 Å². The molecule has 0 aliphatic carbocycles. The van der Waals surface area contributed by atoms with Gasteiger partial charge in [-0.15, -0.1) is 0 Å². The highest BCUT2D eigenvalue weighted by Gasteiger charge is 2.09. The van der Waals surface area contributed by atoms with E-state index in [4.69, 9.17) is 0 Å². The monoisotopic (exact) mass is 224 g/mol. The van der Waals surface area contributed by atoms with Crippen molar-refractivity contribution in [3.8, 4) is 0 Å². The maximum absolute atomic E-state index is 11.4. The quantitative estimate of drug-likeness (QED) is 0.836. The number of benzene rings is 1. The van der Waals surface area contributed by atoms with Gasteiger partial charge in [-0.3, -0.25) is 4.72 Å². The van der Waals surface area contributed by atoms with Gasteiger partial charge < -0.3 is 4.98 Å². The van der Waals surface area contributed by atoms with Crippen molar-refractivity contribution in [1.82, 2.24) is 4.98 Å². The van der Waals surface area contributed by atoms with E-state index < -0.39 is 10.0 Å². The summed E-state index contributed by atoms with van der Waals surface area (Å²) in [7, 11) is -3.21. The number of rotatable bonds is 3. The standard InChI is InChI=1S/C10H12N2O2S/c1-2-15(13,14)12-9-5-3-4-8-6-7-11-10(8)9/h3-7,11-12H,2H2,1H3. The predicted molar refractivity (Wildman–Crippen MR) is 61.4 cm³/mol. The van der Waals surface area contributed by atoms with Crippen LogP contribution in [0.15, 0.2) is 30.5 Å². The predicted octanol–water partition coefficient (Wildman–Crippen LogP) is 1.93. The third-order valence-electron chi connectivity index (χ3n) is 2.23. The van der Waals surface area contributed by atoms with Crippen LogP contribution >= 0.6 is 0 Å². The highest BCUT2D eigenvalue weighted by atomic mass is 32.2. The number of hydrogen-bond acceptors (Lipinski definition) is 2. The summed E-state index contributed by atoms with van der Waals surface area (Å²) in [4.78, 5) is 3.01. The van der Waals surface area contributed by atoms with Crippen molar-refractivity contribution in [2.24, 2.45) is 0 Å². The average Bonchev–Trinajstić information content (AvgIpc) is 2.66. The number of fused-ring (bicyclic) bond motifs is 1. The van der Waals surface area contributed by atoms with E-state index in [1.165, 1.54) is 0 Å². The highest BCUT2D eigenvalue weighted by Crippen LogP contribution is 2.22. The number of aromatic nitrogens is 1. The van der Waals surface area contributed by atoms with Crippen LogP contribution in [-0.4, -0.2) is 19.2 Å². The molecule has 80 valence electrons. The molecule has 0 amide bonds. The number of sulfonamides is 1. The molecule has 1 aromatic heterocycles. The summed E-state index contributed by atoms with van der Waals surface area (Å²) in [5, 5.41) is 0.992. The number of para-hydroxylation sites is 1. The molecule has 4 nitrogen and oxygen atoms in total. The maximum atomic E-state index is 11.4. The van der Waals surface area contributed by atoms with Gasteiger partial charge in [0.1, 0.15) is 0 Å². The zero-order chi connectivity index (χ0) is 10.9. The van der Waals surface area contributed by atoms with E-state index in [1.54, 1.807) is 19.2 Å². The fourth-order valence-corrected chi connectivity index (χ4v) is 2.06. The minimum absolute atomic E-state index is 0.0735. The third kappa shape index (κ3) is 1.97. The SMILES string of the molecule is CCS(=O)(=O)Nc1cccc2cc[nH]c12. The molecule has 0 bridgehead atoms. The minimum Gasteiger partial charge on any atom is -0.359 e. The maximum Gasteiger partial charge on any atom is 0.232 e. The van der Waals surface area contributed by atoms with Gasteiger partial charge in [0.25, 0.3) is 0 Å². The summed E-state index contributed by atoms with van der Waals surface area (Å²) in [5.74, 6) is 0.0735.